The normalized spacial score (nSPS) is 10.7. The van der Waals surface area contributed by atoms with Crippen molar-refractivity contribution in [1.29, 1.82) is 0 Å². The topological polar surface area (TPSA) is 56.7 Å². The van der Waals surface area contributed by atoms with Crippen molar-refractivity contribution in [2.45, 2.75) is 13.5 Å². The number of nitrogens with two attached hydrogens (primary N) is 1. The zero-order valence-electron chi connectivity index (χ0n) is 7.57. The first-order valence-corrected chi connectivity index (χ1v) is 5.26. The number of rotatable bonds is 2. The Bertz CT molecular complexity index is 448. The molecule has 0 amide bonds. The van der Waals surface area contributed by atoms with Crippen molar-refractivity contribution in [2.24, 2.45) is 0 Å². The van der Waals surface area contributed by atoms with E-state index < -0.39 is 0 Å². The fraction of sp³-hybridized carbons (Fsp3) is 0.250. The van der Waals surface area contributed by atoms with Crippen LogP contribution < -0.4 is 5.73 Å². The van der Waals surface area contributed by atoms with E-state index in [1.54, 1.807) is 4.68 Å². The molecule has 0 aliphatic carbocycles. The summed E-state index contributed by atoms with van der Waals surface area (Å²) in [4.78, 5) is 1.14. The molecule has 0 atom stereocenters. The SMILES string of the molecule is Cc1c(N)nnn1Cc1ccc(Cl)s1. The van der Waals surface area contributed by atoms with E-state index in [0.29, 0.717) is 12.4 Å². The Hall–Kier alpha value is -1.07. The highest BCUT2D eigenvalue weighted by molar-refractivity contribution is 7.16. The summed E-state index contributed by atoms with van der Waals surface area (Å²) in [5, 5.41) is 7.71. The number of hydrogen-bond acceptors (Lipinski definition) is 4. The van der Waals surface area contributed by atoms with Crippen LogP contribution in [0.2, 0.25) is 4.34 Å². The maximum Gasteiger partial charge on any atom is 0.168 e. The molecule has 2 aromatic heterocycles. The Kier molecular flexibility index (Phi) is 2.43. The van der Waals surface area contributed by atoms with E-state index in [9.17, 15) is 0 Å². The highest BCUT2D eigenvalue weighted by Gasteiger charge is 2.06. The lowest BCUT2D eigenvalue weighted by molar-refractivity contribution is 0.639. The number of aromatic nitrogens is 3. The third-order valence-electron chi connectivity index (χ3n) is 1.95. The Morgan fingerprint density at radius 1 is 1.57 bits per heavy atom. The van der Waals surface area contributed by atoms with Crippen LogP contribution >= 0.6 is 22.9 Å². The van der Waals surface area contributed by atoms with Gasteiger partial charge in [-0.1, -0.05) is 16.8 Å². The van der Waals surface area contributed by atoms with Crippen LogP contribution in [0.3, 0.4) is 0 Å². The van der Waals surface area contributed by atoms with Crippen molar-refractivity contribution in [3.05, 3.63) is 27.0 Å². The zero-order valence-corrected chi connectivity index (χ0v) is 9.14. The second-order valence-electron chi connectivity index (χ2n) is 2.92. The molecule has 6 heteroatoms. The summed E-state index contributed by atoms with van der Waals surface area (Å²) in [6, 6.07) is 3.85. The minimum atomic E-state index is 0.479. The van der Waals surface area contributed by atoms with Gasteiger partial charge in [0.05, 0.1) is 16.6 Å². The molecule has 14 heavy (non-hydrogen) atoms. The summed E-state index contributed by atoms with van der Waals surface area (Å²) in [6.07, 6.45) is 0. The molecule has 0 unspecified atom stereocenters. The fourth-order valence-corrected chi connectivity index (χ4v) is 2.18. The average Bonchev–Trinajstić information content (AvgIpc) is 2.67. The van der Waals surface area contributed by atoms with E-state index in [1.807, 2.05) is 19.1 Å². The number of nitrogens with zero attached hydrogens (tertiary/aromatic N) is 3. The average molecular weight is 229 g/mol. The van der Waals surface area contributed by atoms with Crippen LogP contribution in [-0.4, -0.2) is 15.0 Å². The molecule has 2 aromatic rings. The molecule has 0 bridgehead atoms. The van der Waals surface area contributed by atoms with Crippen molar-refractivity contribution in [3.8, 4) is 0 Å². The fourth-order valence-electron chi connectivity index (χ4n) is 1.11. The van der Waals surface area contributed by atoms with Crippen LogP contribution in [0.1, 0.15) is 10.6 Å². The zero-order chi connectivity index (χ0) is 10.1. The van der Waals surface area contributed by atoms with Crippen LogP contribution in [0, 0.1) is 6.92 Å². The minimum Gasteiger partial charge on any atom is -0.381 e. The third-order valence-corrected chi connectivity index (χ3v) is 3.17. The van der Waals surface area contributed by atoms with Gasteiger partial charge in [-0.05, 0) is 19.1 Å². The van der Waals surface area contributed by atoms with Crippen LogP contribution in [0.5, 0.6) is 0 Å². The standard InChI is InChI=1S/C8H9ClN4S/c1-5-8(10)11-12-13(5)4-6-2-3-7(9)14-6/h2-3H,4,10H2,1H3. The van der Waals surface area contributed by atoms with Crippen molar-refractivity contribution in [3.63, 3.8) is 0 Å². The molecule has 74 valence electrons. The van der Waals surface area contributed by atoms with Gasteiger partial charge in [0.15, 0.2) is 5.82 Å². The molecule has 0 saturated carbocycles. The van der Waals surface area contributed by atoms with Gasteiger partial charge >= 0.3 is 0 Å². The summed E-state index contributed by atoms with van der Waals surface area (Å²) in [6.45, 7) is 2.57. The molecule has 4 nitrogen and oxygen atoms in total. The van der Waals surface area contributed by atoms with Gasteiger partial charge in [-0.15, -0.1) is 16.4 Å². The number of hydrogen-bond donors (Lipinski definition) is 1. The molecule has 2 rings (SSSR count). The maximum atomic E-state index is 5.82. The van der Waals surface area contributed by atoms with Gasteiger partial charge in [0, 0.05) is 4.88 Å². The molecule has 0 spiro atoms. The molecular weight excluding hydrogens is 220 g/mol. The molecule has 2 N–H and O–H groups in total. The lowest BCUT2D eigenvalue weighted by atomic mass is 10.4. The van der Waals surface area contributed by atoms with E-state index in [-0.39, 0.29) is 0 Å². The monoisotopic (exact) mass is 228 g/mol. The van der Waals surface area contributed by atoms with E-state index in [4.69, 9.17) is 17.3 Å². The molecular formula is C8H9ClN4S. The van der Waals surface area contributed by atoms with Gasteiger partial charge in [-0.3, -0.25) is 0 Å². The van der Waals surface area contributed by atoms with Crippen LogP contribution in [-0.2, 0) is 6.54 Å². The summed E-state index contributed by atoms with van der Waals surface area (Å²) in [7, 11) is 0. The lowest BCUT2D eigenvalue weighted by Crippen LogP contribution is -2.02. The van der Waals surface area contributed by atoms with E-state index >= 15 is 0 Å². The van der Waals surface area contributed by atoms with Gasteiger partial charge < -0.3 is 5.73 Å². The first-order chi connectivity index (χ1) is 6.66. The van der Waals surface area contributed by atoms with Gasteiger partial charge in [0.1, 0.15) is 0 Å². The summed E-state index contributed by atoms with van der Waals surface area (Å²) in [5.41, 5.74) is 6.47. The van der Waals surface area contributed by atoms with Crippen molar-refractivity contribution in [2.75, 3.05) is 5.73 Å². The quantitative estimate of drug-likeness (QED) is 0.855. The Morgan fingerprint density at radius 3 is 2.86 bits per heavy atom. The lowest BCUT2D eigenvalue weighted by Gasteiger charge is -1.99. The van der Waals surface area contributed by atoms with Gasteiger partial charge in [0.2, 0.25) is 0 Å². The van der Waals surface area contributed by atoms with Crippen LogP contribution in [0.25, 0.3) is 0 Å². The predicted molar refractivity (Wildman–Crippen MR) is 57.6 cm³/mol. The molecule has 0 radical (unpaired) electrons. The maximum absolute atomic E-state index is 5.82. The van der Waals surface area contributed by atoms with Crippen molar-refractivity contribution in [1.82, 2.24) is 15.0 Å². The molecule has 0 aromatic carbocycles. The van der Waals surface area contributed by atoms with Crippen molar-refractivity contribution < 1.29 is 0 Å². The third kappa shape index (κ3) is 1.73. The van der Waals surface area contributed by atoms with Crippen molar-refractivity contribution >= 4 is 28.8 Å². The van der Waals surface area contributed by atoms with Gasteiger partial charge in [-0.25, -0.2) is 4.68 Å². The predicted octanol–water partition coefficient (Wildman–Crippen LogP) is 1.93. The second-order valence-corrected chi connectivity index (χ2v) is 4.72. The molecule has 0 saturated heterocycles. The second kappa shape index (κ2) is 3.59. The molecule has 0 fully saturated rings. The Morgan fingerprint density at radius 2 is 2.36 bits per heavy atom. The highest BCUT2D eigenvalue weighted by atomic mass is 35.5. The van der Waals surface area contributed by atoms with Crippen LogP contribution in [0.15, 0.2) is 12.1 Å². The summed E-state index contributed by atoms with van der Waals surface area (Å²) < 4.78 is 2.54. The first kappa shape index (κ1) is 9.48. The Balaban J connectivity index is 2.22. The number of nitrogen functional groups attached to an aromatic ring is 1. The summed E-state index contributed by atoms with van der Waals surface area (Å²) in [5.74, 6) is 0.479. The van der Waals surface area contributed by atoms with Gasteiger partial charge in [-0.2, -0.15) is 0 Å². The largest absolute Gasteiger partial charge is 0.381 e. The molecule has 0 aliphatic heterocycles. The number of halogens is 1. The highest BCUT2D eigenvalue weighted by Crippen LogP contribution is 2.22. The van der Waals surface area contributed by atoms with E-state index in [0.717, 1.165) is 14.9 Å². The molecule has 2 heterocycles. The Labute approximate surface area is 90.3 Å². The first-order valence-electron chi connectivity index (χ1n) is 4.06. The molecule has 0 aliphatic rings. The van der Waals surface area contributed by atoms with E-state index in [1.165, 1.54) is 11.3 Å². The smallest absolute Gasteiger partial charge is 0.168 e. The minimum absolute atomic E-state index is 0.479. The van der Waals surface area contributed by atoms with Crippen LogP contribution in [0.4, 0.5) is 5.82 Å². The summed E-state index contributed by atoms with van der Waals surface area (Å²) >= 11 is 7.36. The number of anilines is 1. The van der Waals surface area contributed by atoms with E-state index in [2.05, 4.69) is 10.3 Å². The van der Waals surface area contributed by atoms with Gasteiger partial charge in [0.25, 0.3) is 0 Å². The number of thiophene rings is 1.